The average Bonchev–Trinajstić information content (AvgIpc) is 2.22. The van der Waals surface area contributed by atoms with Crippen LogP contribution in [0, 0.1) is 12.3 Å². The summed E-state index contributed by atoms with van der Waals surface area (Å²) in [6.07, 6.45) is 9.65. The van der Waals surface area contributed by atoms with Gasteiger partial charge in [-0.05, 0) is 24.9 Å². The highest BCUT2D eigenvalue weighted by Crippen LogP contribution is 1.97. The first kappa shape index (κ1) is 13.2. The Labute approximate surface area is 91.1 Å². The van der Waals surface area contributed by atoms with E-state index in [1.807, 2.05) is 11.8 Å². The van der Waals surface area contributed by atoms with Crippen molar-refractivity contribution in [1.29, 1.82) is 0 Å². The molecule has 80 valence electrons. The Kier molecular flexibility index (Phi) is 9.66. The number of nitrogens with one attached hydrogen (secondary N) is 2. The molecule has 0 aromatic rings. The molecule has 3 nitrogen and oxygen atoms in total. The van der Waals surface area contributed by atoms with Crippen LogP contribution < -0.4 is 10.6 Å². The van der Waals surface area contributed by atoms with E-state index >= 15 is 0 Å². The van der Waals surface area contributed by atoms with Crippen LogP contribution >= 0.6 is 11.8 Å². The molecule has 0 amide bonds. The Balaban J connectivity index is 3.40. The molecule has 0 aromatic carbocycles. The molecule has 0 heterocycles. The number of terminal acetylenes is 1. The van der Waals surface area contributed by atoms with Crippen LogP contribution in [0.3, 0.4) is 0 Å². The third-order valence-corrected chi connectivity index (χ3v) is 2.35. The minimum absolute atomic E-state index is 0.518. The second-order valence-electron chi connectivity index (χ2n) is 2.76. The highest BCUT2D eigenvalue weighted by Gasteiger charge is 1.93. The second-order valence-corrected chi connectivity index (χ2v) is 3.74. The largest absolute Gasteiger partial charge is 0.356 e. The summed E-state index contributed by atoms with van der Waals surface area (Å²) >= 11 is 1.88. The van der Waals surface area contributed by atoms with E-state index in [1.54, 1.807) is 7.05 Å². The van der Waals surface area contributed by atoms with Gasteiger partial charge in [0.15, 0.2) is 5.96 Å². The molecule has 2 N–H and O–H groups in total. The molecule has 0 atom stereocenters. The molecule has 0 fully saturated rings. The fourth-order valence-corrected chi connectivity index (χ4v) is 1.43. The van der Waals surface area contributed by atoms with Crippen molar-refractivity contribution in [2.24, 2.45) is 4.99 Å². The van der Waals surface area contributed by atoms with Crippen LogP contribution in [-0.2, 0) is 0 Å². The van der Waals surface area contributed by atoms with Gasteiger partial charge in [-0.25, -0.2) is 0 Å². The minimum atomic E-state index is 0.518. The van der Waals surface area contributed by atoms with Crippen LogP contribution in [0.4, 0.5) is 0 Å². The summed E-state index contributed by atoms with van der Waals surface area (Å²) in [5, 5.41) is 6.20. The van der Waals surface area contributed by atoms with Crippen molar-refractivity contribution in [1.82, 2.24) is 10.6 Å². The fraction of sp³-hybridized carbons (Fsp3) is 0.700. The highest BCUT2D eigenvalue weighted by molar-refractivity contribution is 7.98. The lowest BCUT2D eigenvalue weighted by molar-refractivity contribution is 0.743. The van der Waals surface area contributed by atoms with E-state index in [0.29, 0.717) is 6.54 Å². The van der Waals surface area contributed by atoms with Gasteiger partial charge in [0.1, 0.15) is 0 Å². The van der Waals surface area contributed by atoms with Crippen LogP contribution in [0.25, 0.3) is 0 Å². The molecule has 0 saturated heterocycles. The van der Waals surface area contributed by atoms with Gasteiger partial charge in [-0.3, -0.25) is 4.99 Å². The third-order valence-electron chi connectivity index (χ3n) is 1.65. The van der Waals surface area contributed by atoms with E-state index in [-0.39, 0.29) is 0 Å². The molecular weight excluding hydrogens is 194 g/mol. The third kappa shape index (κ3) is 7.81. The Morgan fingerprint density at radius 2 is 2.21 bits per heavy atom. The molecule has 0 aromatic heterocycles. The molecule has 0 aliphatic carbocycles. The van der Waals surface area contributed by atoms with E-state index in [1.165, 1.54) is 12.2 Å². The van der Waals surface area contributed by atoms with Crippen molar-refractivity contribution >= 4 is 17.7 Å². The van der Waals surface area contributed by atoms with E-state index in [2.05, 4.69) is 27.8 Å². The molecule has 0 rings (SSSR count). The highest BCUT2D eigenvalue weighted by atomic mass is 32.2. The Morgan fingerprint density at radius 1 is 1.43 bits per heavy atom. The Hall–Kier alpha value is -0.820. The zero-order chi connectivity index (χ0) is 10.6. The van der Waals surface area contributed by atoms with Gasteiger partial charge in [0.2, 0.25) is 0 Å². The standard InChI is InChI=1S/C10H19N3S/c1-4-7-12-10(11-2)13-8-5-6-9-14-3/h1H,5-9H2,2-3H3,(H2,11,12,13). The number of hydrogen-bond acceptors (Lipinski definition) is 2. The van der Waals surface area contributed by atoms with Crippen LogP contribution in [0.2, 0.25) is 0 Å². The van der Waals surface area contributed by atoms with Crippen molar-refractivity contribution < 1.29 is 0 Å². The summed E-state index contributed by atoms with van der Waals surface area (Å²) in [6.45, 7) is 1.47. The van der Waals surface area contributed by atoms with Crippen molar-refractivity contribution in [3.8, 4) is 12.3 Å². The quantitative estimate of drug-likeness (QED) is 0.298. The smallest absolute Gasteiger partial charge is 0.191 e. The normalized spacial score (nSPS) is 10.8. The van der Waals surface area contributed by atoms with Crippen LogP contribution in [0.5, 0.6) is 0 Å². The first-order valence-electron chi connectivity index (χ1n) is 4.72. The number of rotatable bonds is 6. The minimum Gasteiger partial charge on any atom is -0.356 e. The first-order chi connectivity index (χ1) is 6.85. The Bertz CT molecular complexity index is 196. The van der Waals surface area contributed by atoms with Gasteiger partial charge in [0.05, 0.1) is 6.54 Å². The van der Waals surface area contributed by atoms with Gasteiger partial charge < -0.3 is 10.6 Å². The molecule has 0 bridgehead atoms. The van der Waals surface area contributed by atoms with Gasteiger partial charge in [0.25, 0.3) is 0 Å². The summed E-state index contributed by atoms with van der Waals surface area (Å²) in [5.41, 5.74) is 0. The molecule has 0 spiro atoms. The monoisotopic (exact) mass is 213 g/mol. The van der Waals surface area contributed by atoms with Gasteiger partial charge in [-0.1, -0.05) is 5.92 Å². The van der Waals surface area contributed by atoms with Crippen LogP contribution in [0.1, 0.15) is 12.8 Å². The molecule has 0 aliphatic rings. The zero-order valence-electron chi connectivity index (χ0n) is 8.97. The van der Waals surface area contributed by atoms with Crippen molar-refractivity contribution in [3.63, 3.8) is 0 Å². The molecule has 0 saturated carbocycles. The lowest BCUT2D eigenvalue weighted by Gasteiger charge is -2.09. The first-order valence-corrected chi connectivity index (χ1v) is 6.11. The topological polar surface area (TPSA) is 36.4 Å². The summed E-state index contributed by atoms with van der Waals surface area (Å²) in [7, 11) is 1.74. The molecule has 0 radical (unpaired) electrons. The lowest BCUT2D eigenvalue weighted by Crippen LogP contribution is -2.37. The molecule has 14 heavy (non-hydrogen) atoms. The van der Waals surface area contributed by atoms with E-state index in [4.69, 9.17) is 6.42 Å². The second kappa shape index (κ2) is 10.3. The fourth-order valence-electron chi connectivity index (χ4n) is 0.934. The predicted molar refractivity (Wildman–Crippen MR) is 65.8 cm³/mol. The van der Waals surface area contributed by atoms with E-state index in [9.17, 15) is 0 Å². The Morgan fingerprint density at radius 3 is 2.79 bits per heavy atom. The van der Waals surface area contributed by atoms with Gasteiger partial charge >= 0.3 is 0 Å². The summed E-state index contributed by atoms with van der Waals surface area (Å²) in [4.78, 5) is 4.04. The van der Waals surface area contributed by atoms with Crippen molar-refractivity contribution in [2.45, 2.75) is 12.8 Å². The van der Waals surface area contributed by atoms with Gasteiger partial charge in [0, 0.05) is 13.6 Å². The lowest BCUT2D eigenvalue weighted by atomic mass is 10.3. The van der Waals surface area contributed by atoms with E-state index in [0.717, 1.165) is 18.9 Å². The van der Waals surface area contributed by atoms with Crippen LogP contribution in [0.15, 0.2) is 4.99 Å². The number of unbranched alkanes of at least 4 members (excludes halogenated alkanes) is 1. The number of nitrogens with zero attached hydrogens (tertiary/aromatic N) is 1. The predicted octanol–water partition coefficient (Wildman–Crippen LogP) is 0.928. The molecular formula is C10H19N3S. The summed E-state index contributed by atoms with van der Waals surface area (Å²) in [5.74, 6) is 4.51. The maximum Gasteiger partial charge on any atom is 0.191 e. The van der Waals surface area contributed by atoms with E-state index < -0.39 is 0 Å². The number of thioether (sulfide) groups is 1. The zero-order valence-corrected chi connectivity index (χ0v) is 9.78. The van der Waals surface area contributed by atoms with Gasteiger partial charge in [-0.15, -0.1) is 6.42 Å². The van der Waals surface area contributed by atoms with Crippen molar-refractivity contribution in [2.75, 3.05) is 32.1 Å². The summed E-state index contributed by atoms with van der Waals surface area (Å²) < 4.78 is 0. The summed E-state index contributed by atoms with van der Waals surface area (Å²) in [6, 6.07) is 0. The number of aliphatic imine (C=N–C) groups is 1. The number of guanidine groups is 1. The van der Waals surface area contributed by atoms with Crippen LogP contribution in [-0.4, -0.2) is 38.1 Å². The SMILES string of the molecule is C#CCNC(=NC)NCCCCSC. The van der Waals surface area contributed by atoms with Crippen molar-refractivity contribution in [3.05, 3.63) is 0 Å². The van der Waals surface area contributed by atoms with Gasteiger partial charge in [-0.2, -0.15) is 11.8 Å². The molecule has 4 heteroatoms. The maximum absolute atomic E-state index is 5.13. The molecule has 0 unspecified atom stereocenters. The molecule has 0 aliphatic heterocycles. The average molecular weight is 213 g/mol. The number of hydrogen-bond donors (Lipinski definition) is 2. The maximum atomic E-state index is 5.13.